The highest BCUT2D eigenvalue weighted by atomic mass is 16.3. The highest BCUT2D eigenvalue weighted by molar-refractivity contribution is 6.01. The number of anilines is 2. The third-order valence-electron chi connectivity index (χ3n) is 4.38. The minimum atomic E-state index is -0.511. The first kappa shape index (κ1) is 17.8. The van der Waals surface area contributed by atoms with Crippen LogP contribution in [0, 0.1) is 0 Å². The van der Waals surface area contributed by atoms with E-state index in [-0.39, 0.29) is 18.2 Å². The molecule has 0 saturated carbocycles. The van der Waals surface area contributed by atoms with Gasteiger partial charge >= 0.3 is 6.03 Å². The fraction of sp³-hybridized carbons (Fsp3) is 0.263. The van der Waals surface area contributed by atoms with Crippen LogP contribution in [0.1, 0.15) is 0 Å². The molecule has 0 unspecified atom stereocenters. The van der Waals surface area contributed by atoms with E-state index >= 15 is 0 Å². The van der Waals surface area contributed by atoms with Crippen molar-refractivity contribution in [2.45, 2.75) is 0 Å². The van der Waals surface area contributed by atoms with Gasteiger partial charge in [-0.15, -0.1) is 0 Å². The number of hydrogen-bond donors (Lipinski definition) is 4. The van der Waals surface area contributed by atoms with E-state index in [2.05, 4.69) is 15.5 Å². The summed E-state index contributed by atoms with van der Waals surface area (Å²) in [6, 6.07) is 15.6. The Labute approximate surface area is 152 Å². The number of carbonyl (C=O) groups excluding carboxylic acids is 2. The number of amides is 3. The first-order valence-corrected chi connectivity index (χ1v) is 8.63. The van der Waals surface area contributed by atoms with Gasteiger partial charge in [-0.2, -0.15) is 0 Å². The molecule has 7 heteroatoms. The summed E-state index contributed by atoms with van der Waals surface area (Å²) in [7, 11) is 0. The standard InChI is InChI=1S/C19H22N4O3/c24-17-8-6-16(7-9-17)23-12-10-22(11-13-23)14-18(25)21-19(26)20-15-4-2-1-3-5-15/h1-9,24H,10-14H2,(H2,20,21,25,26)/p+1. The average molecular weight is 355 g/mol. The second-order valence-electron chi connectivity index (χ2n) is 6.30. The van der Waals surface area contributed by atoms with E-state index in [9.17, 15) is 14.7 Å². The normalized spacial score (nSPS) is 14.7. The number of imide groups is 1. The Bertz CT molecular complexity index is 741. The summed E-state index contributed by atoms with van der Waals surface area (Å²) >= 11 is 0. The van der Waals surface area contributed by atoms with Crippen LogP contribution < -0.4 is 20.4 Å². The molecule has 1 heterocycles. The molecule has 1 saturated heterocycles. The average Bonchev–Trinajstić information content (AvgIpc) is 2.64. The topological polar surface area (TPSA) is 86.1 Å². The molecule has 0 aliphatic carbocycles. The molecule has 2 aromatic carbocycles. The fourth-order valence-electron chi connectivity index (χ4n) is 3.00. The molecule has 2 aromatic rings. The zero-order chi connectivity index (χ0) is 18.4. The Kier molecular flexibility index (Phi) is 5.70. The summed E-state index contributed by atoms with van der Waals surface area (Å²) in [5.74, 6) is -0.0324. The molecule has 0 radical (unpaired) electrons. The fourth-order valence-corrected chi connectivity index (χ4v) is 3.00. The largest absolute Gasteiger partial charge is 0.508 e. The van der Waals surface area contributed by atoms with Crippen LogP contribution in [0.4, 0.5) is 16.2 Å². The summed E-state index contributed by atoms with van der Waals surface area (Å²) in [5, 5.41) is 14.4. The van der Waals surface area contributed by atoms with E-state index in [1.165, 1.54) is 0 Å². The Hall–Kier alpha value is -3.06. The highest BCUT2D eigenvalue weighted by Crippen LogP contribution is 2.18. The van der Waals surface area contributed by atoms with E-state index in [0.717, 1.165) is 36.8 Å². The van der Waals surface area contributed by atoms with Crippen molar-refractivity contribution < 1.29 is 19.6 Å². The molecular weight excluding hydrogens is 332 g/mol. The molecule has 3 rings (SSSR count). The predicted octanol–water partition coefficient (Wildman–Crippen LogP) is 0.445. The Morgan fingerprint density at radius 1 is 1.00 bits per heavy atom. The zero-order valence-corrected chi connectivity index (χ0v) is 14.4. The summed E-state index contributed by atoms with van der Waals surface area (Å²) < 4.78 is 0. The van der Waals surface area contributed by atoms with Gasteiger partial charge in [0.1, 0.15) is 5.75 Å². The van der Waals surface area contributed by atoms with Crippen LogP contribution in [-0.2, 0) is 4.79 Å². The number of piperazine rings is 1. The number of benzene rings is 2. The zero-order valence-electron chi connectivity index (χ0n) is 14.4. The van der Waals surface area contributed by atoms with Crippen LogP contribution >= 0.6 is 0 Å². The summed E-state index contributed by atoms with van der Waals surface area (Å²) in [6.45, 7) is 3.54. The van der Waals surface area contributed by atoms with Crippen LogP contribution in [0.2, 0.25) is 0 Å². The quantitative estimate of drug-likeness (QED) is 0.641. The van der Waals surface area contributed by atoms with Crippen molar-refractivity contribution in [3.05, 3.63) is 54.6 Å². The molecule has 1 aliphatic heterocycles. The van der Waals surface area contributed by atoms with Crippen molar-refractivity contribution in [3.8, 4) is 5.75 Å². The maximum atomic E-state index is 12.1. The van der Waals surface area contributed by atoms with Crippen molar-refractivity contribution in [1.29, 1.82) is 0 Å². The lowest BCUT2D eigenvalue weighted by molar-refractivity contribution is -0.892. The van der Waals surface area contributed by atoms with Gasteiger partial charge in [0.2, 0.25) is 0 Å². The van der Waals surface area contributed by atoms with Gasteiger partial charge in [-0.3, -0.25) is 10.1 Å². The van der Waals surface area contributed by atoms with E-state index in [1.54, 1.807) is 24.3 Å². The number of phenols is 1. The molecule has 3 amide bonds. The number of para-hydroxylation sites is 1. The molecule has 1 fully saturated rings. The molecule has 7 nitrogen and oxygen atoms in total. The molecule has 0 aromatic heterocycles. The van der Waals surface area contributed by atoms with Gasteiger partial charge in [-0.05, 0) is 36.4 Å². The van der Waals surface area contributed by atoms with Gasteiger partial charge in [0.05, 0.1) is 26.2 Å². The molecule has 0 atom stereocenters. The summed E-state index contributed by atoms with van der Waals surface area (Å²) in [4.78, 5) is 27.3. The molecule has 0 spiro atoms. The number of aromatic hydroxyl groups is 1. The Morgan fingerprint density at radius 3 is 2.31 bits per heavy atom. The van der Waals surface area contributed by atoms with Crippen LogP contribution in [0.15, 0.2) is 54.6 Å². The van der Waals surface area contributed by atoms with Crippen LogP contribution in [-0.4, -0.2) is 49.8 Å². The lowest BCUT2D eigenvalue weighted by Gasteiger charge is -2.33. The molecule has 136 valence electrons. The van der Waals surface area contributed by atoms with Gasteiger partial charge in [-0.25, -0.2) is 4.79 Å². The number of nitrogens with one attached hydrogen (secondary N) is 3. The predicted molar refractivity (Wildman–Crippen MR) is 99.5 cm³/mol. The third-order valence-corrected chi connectivity index (χ3v) is 4.38. The van der Waals surface area contributed by atoms with Crippen LogP contribution in [0.25, 0.3) is 0 Å². The number of nitrogens with zero attached hydrogens (tertiary/aromatic N) is 1. The Morgan fingerprint density at radius 2 is 1.65 bits per heavy atom. The molecule has 0 bridgehead atoms. The third kappa shape index (κ3) is 4.97. The van der Waals surface area contributed by atoms with E-state index in [0.29, 0.717) is 5.69 Å². The Balaban J connectivity index is 1.41. The van der Waals surface area contributed by atoms with Gasteiger partial charge in [0, 0.05) is 11.4 Å². The molecule has 26 heavy (non-hydrogen) atoms. The van der Waals surface area contributed by atoms with Crippen LogP contribution in [0.5, 0.6) is 5.75 Å². The maximum absolute atomic E-state index is 12.1. The number of hydrogen-bond acceptors (Lipinski definition) is 4. The van der Waals surface area contributed by atoms with E-state index < -0.39 is 6.03 Å². The molecule has 1 aliphatic rings. The number of carbonyl (C=O) groups is 2. The lowest BCUT2D eigenvalue weighted by Crippen LogP contribution is -3.16. The van der Waals surface area contributed by atoms with Crippen LogP contribution in [0.3, 0.4) is 0 Å². The number of rotatable bonds is 4. The van der Waals surface area contributed by atoms with Crippen molar-refractivity contribution in [2.24, 2.45) is 0 Å². The minimum Gasteiger partial charge on any atom is -0.508 e. The second kappa shape index (κ2) is 8.35. The number of quaternary nitrogens is 1. The minimum absolute atomic E-state index is 0.253. The van der Waals surface area contributed by atoms with Gasteiger partial charge in [0.15, 0.2) is 6.54 Å². The first-order chi connectivity index (χ1) is 12.6. The summed E-state index contributed by atoms with van der Waals surface area (Å²) in [5.41, 5.74) is 1.71. The lowest BCUT2D eigenvalue weighted by atomic mass is 10.2. The highest BCUT2D eigenvalue weighted by Gasteiger charge is 2.23. The van der Waals surface area contributed by atoms with Gasteiger partial charge < -0.3 is 20.2 Å². The molecular formula is C19H23N4O3+. The van der Waals surface area contributed by atoms with Gasteiger partial charge in [0.25, 0.3) is 5.91 Å². The second-order valence-corrected chi connectivity index (χ2v) is 6.30. The number of phenolic OH excluding ortho intramolecular Hbond substituents is 1. The van der Waals surface area contributed by atoms with Gasteiger partial charge in [-0.1, -0.05) is 18.2 Å². The van der Waals surface area contributed by atoms with Crippen molar-refractivity contribution >= 4 is 23.3 Å². The summed E-state index contributed by atoms with van der Waals surface area (Å²) in [6.07, 6.45) is 0. The van der Waals surface area contributed by atoms with Crippen molar-refractivity contribution in [2.75, 3.05) is 42.9 Å². The maximum Gasteiger partial charge on any atom is 0.326 e. The first-order valence-electron chi connectivity index (χ1n) is 8.63. The SMILES string of the molecule is O=C(C[NH+]1CCN(c2ccc(O)cc2)CC1)NC(=O)Nc1ccccc1. The number of urea groups is 1. The van der Waals surface area contributed by atoms with E-state index in [1.807, 2.05) is 30.3 Å². The molecule has 4 N–H and O–H groups in total. The van der Waals surface area contributed by atoms with E-state index in [4.69, 9.17) is 0 Å². The monoisotopic (exact) mass is 355 g/mol. The smallest absolute Gasteiger partial charge is 0.326 e. The van der Waals surface area contributed by atoms with Crippen molar-refractivity contribution in [1.82, 2.24) is 5.32 Å². The van der Waals surface area contributed by atoms with Crippen molar-refractivity contribution in [3.63, 3.8) is 0 Å².